The maximum Gasteiger partial charge on any atom is 0.0251 e. The highest BCUT2D eigenvalue weighted by molar-refractivity contribution is 4.49. The molecule has 0 rings (SSSR count). The molecule has 56 valence electrons. The highest BCUT2D eigenvalue weighted by Gasteiger charge is 1.95. The molecule has 0 heterocycles. The molecule has 0 saturated heterocycles. The first-order chi connectivity index (χ1) is 4.16. The molecule has 0 aliphatic carbocycles. The Morgan fingerprint density at radius 2 is 2.11 bits per heavy atom. The first-order valence-electron chi connectivity index (χ1n) is 3.34. The van der Waals surface area contributed by atoms with Crippen molar-refractivity contribution in [1.29, 1.82) is 0 Å². The zero-order valence-electron chi connectivity index (χ0n) is 6.52. The van der Waals surface area contributed by atoms with E-state index in [-0.39, 0.29) is 0 Å². The Morgan fingerprint density at radius 1 is 1.56 bits per heavy atom. The second kappa shape index (κ2) is 4.73. The zero-order valence-corrected chi connectivity index (χ0v) is 6.52. The van der Waals surface area contributed by atoms with Crippen molar-refractivity contribution in [3.05, 3.63) is 0 Å². The van der Waals surface area contributed by atoms with Crippen molar-refractivity contribution in [2.75, 3.05) is 20.1 Å². The molecule has 0 aromatic rings. The molecule has 0 amide bonds. The van der Waals surface area contributed by atoms with Crippen LogP contribution in [-0.2, 0) is 0 Å². The summed E-state index contributed by atoms with van der Waals surface area (Å²) >= 11 is 0. The molecule has 3 N–H and O–H groups in total. The van der Waals surface area contributed by atoms with E-state index in [9.17, 15) is 0 Å². The molecule has 3 nitrogen and oxygen atoms in total. The Labute approximate surface area is 57.2 Å². The SMILES string of the molecule is CC(C)NN(C)CCN. The standard InChI is InChI=1S/C6H17N3/c1-6(2)8-9(3)5-4-7/h6,8H,4-5,7H2,1-3H3. The molecule has 0 atom stereocenters. The quantitative estimate of drug-likeness (QED) is 0.519. The van der Waals surface area contributed by atoms with Crippen LogP contribution in [0.2, 0.25) is 0 Å². The third kappa shape index (κ3) is 5.76. The molecule has 0 aromatic heterocycles. The minimum atomic E-state index is 0.501. The summed E-state index contributed by atoms with van der Waals surface area (Å²) in [5, 5.41) is 2.00. The lowest BCUT2D eigenvalue weighted by Crippen LogP contribution is -2.41. The third-order valence-electron chi connectivity index (χ3n) is 0.943. The van der Waals surface area contributed by atoms with Crippen LogP contribution in [0.4, 0.5) is 0 Å². The summed E-state index contributed by atoms with van der Waals surface area (Å²) in [6.45, 7) is 5.81. The lowest BCUT2D eigenvalue weighted by molar-refractivity contribution is 0.216. The van der Waals surface area contributed by atoms with Crippen molar-refractivity contribution >= 4 is 0 Å². The number of hydrogen-bond acceptors (Lipinski definition) is 3. The minimum absolute atomic E-state index is 0.501. The molecule has 0 unspecified atom stereocenters. The first-order valence-corrected chi connectivity index (χ1v) is 3.34. The number of rotatable bonds is 4. The van der Waals surface area contributed by atoms with Gasteiger partial charge in [-0.15, -0.1) is 0 Å². The van der Waals surface area contributed by atoms with Gasteiger partial charge in [0, 0.05) is 26.2 Å². The van der Waals surface area contributed by atoms with Crippen LogP contribution < -0.4 is 11.2 Å². The molecule has 0 aromatic carbocycles. The maximum atomic E-state index is 5.32. The number of hydrazine groups is 1. The molecular weight excluding hydrogens is 114 g/mol. The van der Waals surface area contributed by atoms with Crippen LogP contribution in [0.25, 0.3) is 0 Å². The van der Waals surface area contributed by atoms with Gasteiger partial charge in [0.1, 0.15) is 0 Å². The summed E-state index contributed by atoms with van der Waals surface area (Å²) in [6, 6.07) is 0.501. The van der Waals surface area contributed by atoms with E-state index in [1.165, 1.54) is 0 Å². The van der Waals surface area contributed by atoms with E-state index >= 15 is 0 Å². The van der Waals surface area contributed by atoms with Gasteiger partial charge in [0.25, 0.3) is 0 Å². The lowest BCUT2D eigenvalue weighted by atomic mass is 10.4. The fourth-order valence-electron chi connectivity index (χ4n) is 0.699. The predicted octanol–water partition coefficient (Wildman–Crippen LogP) is -0.210. The molecule has 0 aliphatic heterocycles. The van der Waals surface area contributed by atoms with Crippen molar-refractivity contribution < 1.29 is 0 Å². The Hall–Kier alpha value is -0.120. The van der Waals surface area contributed by atoms with Gasteiger partial charge < -0.3 is 5.73 Å². The molecule has 0 spiro atoms. The van der Waals surface area contributed by atoms with Gasteiger partial charge in [-0.3, -0.25) is 5.43 Å². The molecule has 0 radical (unpaired) electrons. The Morgan fingerprint density at radius 3 is 2.44 bits per heavy atom. The zero-order chi connectivity index (χ0) is 7.28. The van der Waals surface area contributed by atoms with Crippen molar-refractivity contribution in [1.82, 2.24) is 10.4 Å². The summed E-state index contributed by atoms with van der Waals surface area (Å²) in [6.07, 6.45) is 0. The van der Waals surface area contributed by atoms with E-state index in [2.05, 4.69) is 19.3 Å². The van der Waals surface area contributed by atoms with Crippen LogP contribution in [-0.4, -0.2) is 31.2 Å². The van der Waals surface area contributed by atoms with E-state index in [0.717, 1.165) is 6.54 Å². The third-order valence-corrected chi connectivity index (χ3v) is 0.943. The Balaban J connectivity index is 3.15. The number of nitrogens with zero attached hydrogens (tertiary/aromatic N) is 1. The van der Waals surface area contributed by atoms with E-state index in [4.69, 9.17) is 5.73 Å². The summed E-state index contributed by atoms with van der Waals surface area (Å²) in [4.78, 5) is 0. The summed E-state index contributed by atoms with van der Waals surface area (Å²) in [5.74, 6) is 0. The molecule has 3 heteroatoms. The van der Waals surface area contributed by atoms with Crippen LogP contribution in [0.5, 0.6) is 0 Å². The topological polar surface area (TPSA) is 41.3 Å². The Bertz CT molecular complexity index is 63.3. The number of nitrogens with one attached hydrogen (secondary N) is 1. The maximum absolute atomic E-state index is 5.32. The molecule has 9 heavy (non-hydrogen) atoms. The van der Waals surface area contributed by atoms with Crippen molar-refractivity contribution in [3.8, 4) is 0 Å². The van der Waals surface area contributed by atoms with Gasteiger partial charge in [-0.1, -0.05) is 0 Å². The van der Waals surface area contributed by atoms with Crippen LogP contribution in [0.15, 0.2) is 0 Å². The normalized spacial score (nSPS) is 11.3. The lowest BCUT2D eigenvalue weighted by Gasteiger charge is -2.19. The second-order valence-corrected chi connectivity index (χ2v) is 2.49. The highest BCUT2D eigenvalue weighted by Crippen LogP contribution is 1.78. The minimum Gasteiger partial charge on any atom is -0.329 e. The number of likely N-dealkylation sites (N-methyl/N-ethyl adjacent to an activating group) is 1. The van der Waals surface area contributed by atoms with Crippen molar-refractivity contribution in [2.45, 2.75) is 19.9 Å². The van der Waals surface area contributed by atoms with Gasteiger partial charge in [0.2, 0.25) is 0 Å². The monoisotopic (exact) mass is 131 g/mol. The number of nitrogens with two attached hydrogens (primary N) is 1. The Kier molecular flexibility index (Phi) is 4.67. The van der Waals surface area contributed by atoms with Crippen LogP contribution in [0.3, 0.4) is 0 Å². The molecule has 0 aliphatic rings. The fourth-order valence-corrected chi connectivity index (χ4v) is 0.699. The largest absolute Gasteiger partial charge is 0.329 e. The van der Waals surface area contributed by atoms with Gasteiger partial charge in [-0.2, -0.15) is 0 Å². The van der Waals surface area contributed by atoms with E-state index in [0.29, 0.717) is 12.6 Å². The van der Waals surface area contributed by atoms with Crippen LogP contribution >= 0.6 is 0 Å². The molecule has 0 saturated carbocycles. The molecule has 0 fully saturated rings. The van der Waals surface area contributed by atoms with Gasteiger partial charge >= 0.3 is 0 Å². The van der Waals surface area contributed by atoms with E-state index < -0.39 is 0 Å². The van der Waals surface area contributed by atoms with E-state index in [1.54, 1.807) is 0 Å². The highest BCUT2D eigenvalue weighted by atomic mass is 15.5. The van der Waals surface area contributed by atoms with Gasteiger partial charge in [0.15, 0.2) is 0 Å². The van der Waals surface area contributed by atoms with Gasteiger partial charge in [0.05, 0.1) is 0 Å². The summed E-state index contributed by atoms with van der Waals surface area (Å²) in [7, 11) is 1.99. The smallest absolute Gasteiger partial charge is 0.0251 e. The van der Waals surface area contributed by atoms with Crippen LogP contribution in [0, 0.1) is 0 Å². The summed E-state index contributed by atoms with van der Waals surface area (Å²) in [5.41, 5.74) is 8.52. The number of hydrogen-bond donors (Lipinski definition) is 2. The van der Waals surface area contributed by atoms with Crippen LogP contribution in [0.1, 0.15) is 13.8 Å². The van der Waals surface area contributed by atoms with Crippen molar-refractivity contribution in [2.24, 2.45) is 5.73 Å². The predicted molar refractivity (Wildman–Crippen MR) is 40.0 cm³/mol. The van der Waals surface area contributed by atoms with Crippen molar-refractivity contribution in [3.63, 3.8) is 0 Å². The fraction of sp³-hybridized carbons (Fsp3) is 1.00. The van der Waals surface area contributed by atoms with E-state index in [1.807, 2.05) is 12.1 Å². The molecule has 0 bridgehead atoms. The summed E-state index contributed by atoms with van der Waals surface area (Å²) < 4.78 is 0. The molecular formula is C6H17N3. The van der Waals surface area contributed by atoms with Gasteiger partial charge in [-0.05, 0) is 13.8 Å². The average Bonchev–Trinajstić information content (AvgIpc) is 1.63. The van der Waals surface area contributed by atoms with Gasteiger partial charge in [-0.25, -0.2) is 5.01 Å². The average molecular weight is 131 g/mol. The second-order valence-electron chi connectivity index (χ2n) is 2.49. The first kappa shape index (κ1) is 8.88.